The molecule has 6 nitrogen and oxygen atoms in total. The Hall–Kier alpha value is -1.18. The van der Waals surface area contributed by atoms with E-state index in [0.29, 0.717) is 16.8 Å². The number of piperidine rings is 1. The number of benzene rings is 1. The Balaban J connectivity index is 1.66. The highest BCUT2D eigenvalue weighted by atomic mass is 79.9. The van der Waals surface area contributed by atoms with Gasteiger partial charge in [-0.3, -0.25) is 10.1 Å². The monoisotopic (exact) mass is 356 g/mol. The Kier molecular flexibility index (Phi) is 4.14. The highest BCUT2D eigenvalue weighted by molar-refractivity contribution is 9.10. The maximum Gasteiger partial charge on any atom is 0.270 e. The third-order valence-corrected chi connectivity index (χ3v) is 4.73. The van der Waals surface area contributed by atoms with E-state index in [0.717, 1.165) is 32.4 Å². The summed E-state index contributed by atoms with van der Waals surface area (Å²) in [4.78, 5) is 10.3. The highest BCUT2D eigenvalue weighted by Gasteiger charge is 2.42. The van der Waals surface area contributed by atoms with Crippen molar-refractivity contribution in [1.82, 2.24) is 5.32 Å². The topological polar surface area (TPSA) is 73.6 Å². The molecule has 2 aliphatic heterocycles. The van der Waals surface area contributed by atoms with Gasteiger partial charge < -0.3 is 14.8 Å². The molecule has 1 unspecified atom stereocenters. The quantitative estimate of drug-likeness (QED) is 0.665. The summed E-state index contributed by atoms with van der Waals surface area (Å²) in [7, 11) is 0. The van der Waals surface area contributed by atoms with Crippen molar-refractivity contribution in [3.8, 4) is 5.75 Å². The third kappa shape index (κ3) is 3.20. The molecule has 1 aromatic rings. The molecule has 0 aliphatic carbocycles. The van der Waals surface area contributed by atoms with Gasteiger partial charge in [0.2, 0.25) is 0 Å². The van der Waals surface area contributed by atoms with Crippen LogP contribution < -0.4 is 10.1 Å². The molecule has 7 heteroatoms. The molecule has 0 radical (unpaired) electrons. The summed E-state index contributed by atoms with van der Waals surface area (Å²) >= 11 is 3.33. The van der Waals surface area contributed by atoms with Gasteiger partial charge in [-0.25, -0.2) is 0 Å². The van der Waals surface area contributed by atoms with Crippen LogP contribution >= 0.6 is 15.9 Å². The Morgan fingerprint density at radius 1 is 1.43 bits per heavy atom. The van der Waals surface area contributed by atoms with E-state index in [2.05, 4.69) is 21.2 Å². The molecule has 1 spiro atoms. The van der Waals surface area contributed by atoms with E-state index in [9.17, 15) is 10.1 Å². The lowest BCUT2D eigenvalue weighted by Crippen LogP contribution is -2.41. The lowest BCUT2D eigenvalue weighted by atomic mass is 9.89. The molecule has 114 valence electrons. The second-order valence-corrected chi connectivity index (χ2v) is 6.41. The number of nitrogens with one attached hydrogen (secondary N) is 1. The minimum atomic E-state index is -0.419. The predicted octanol–water partition coefficient (Wildman–Crippen LogP) is 2.65. The van der Waals surface area contributed by atoms with Crippen LogP contribution in [0, 0.1) is 10.1 Å². The smallest absolute Gasteiger partial charge is 0.270 e. The van der Waals surface area contributed by atoms with Gasteiger partial charge in [0.15, 0.2) is 0 Å². The second-order valence-electron chi connectivity index (χ2n) is 5.56. The van der Waals surface area contributed by atoms with Crippen molar-refractivity contribution in [2.75, 3.05) is 19.7 Å². The molecule has 2 aliphatic rings. The van der Waals surface area contributed by atoms with Crippen LogP contribution in [0.4, 0.5) is 5.69 Å². The average molecular weight is 357 g/mol. The summed E-state index contributed by atoms with van der Waals surface area (Å²) in [6.45, 7) is 2.53. The number of nitro benzene ring substituents is 1. The molecular formula is C14H17BrN2O4. The molecule has 0 bridgehead atoms. The van der Waals surface area contributed by atoms with E-state index >= 15 is 0 Å². The van der Waals surface area contributed by atoms with Crippen LogP contribution in [0.15, 0.2) is 22.7 Å². The first-order chi connectivity index (χ1) is 10.1. The number of ether oxygens (including phenoxy) is 2. The number of nitro groups is 1. The summed E-state index contributed by atoms with van der Waals surface area (Å²) in [6, 6.07) is 4.55. The molecule has 0 aromatic heterocycles. The van der Waals surface area contributed by atoms with E-state index in [4.69, 9.17) is 9.47 Å². The predicted molar refractivity (Wildman–Crippen MR) is 80.6 cm³/mol. The molecule has 1 atom stereocenters. The SMILES string of the molecule is O=[N+]([O-])c1ccc(OC2COC3(CCNCC3)C2)c(Br)c1. The minimum Gasteiger partial charge on any atom is -0.487 e. The van der Waals surface area contributed by atoms with Crippen molar-refractivity contribution in [3.63, 3.8) is 0 Å². The number of hydrogen-bond acceptors (Lipinski definition) is 5. The van der Waals surface area contributed by atoms with E-state index in [1.807, 2.05) is 0 Å². The van der Waals surface area contributed by atoms with E-state index in [1.54, 1.807) is 6.07 Å². The summed E-state index contributed by atoms with van der Waals surface area (Å²) in [5, 5.41) is 14.1. The zero-order valence-electron chi connectivity index (χ0n) is 11.5. The number of hydrogen-bond donors (Lipinski definition) is 1. The molecule has 0 amide bonds. The normalized spacial score (nSPS) is 24.1. The van der Waals surface area contributed by atoms with Crippen molar-refractivity contribution < 1.29 is 14.4 Å². The Labute approximate surface area is 131 Å². The third-order valence-electron chi connectivity index (χ3n) is 4.11. The van der Waals surface area contributed by atoms with Gasteiger partial charge in [-0.15, -0.1) is 0 Å². The molecule has 2 saturated heterocycles. The van der Waals surface area contributed by atoms with Crippen LogP contribution in [0.3, 0.4) is 0 Å². The molecule has 1 aromatic carbocycles. The van der Waals surface area contributed by atoms with Gasteiger partial charge in [-0.2, -0.15) is 0 Å². The summed E-state index contributed by atoms with van der Waals surface area (Å²) in [6.07, 6.45) is 2.89. The van der Waals surface area contributed by atoms with Crippen LogP contribution in [0.1, 0.15) is 19.3 Å². The van der Waals surface area contributed by atoms with Gasteiger partial charge in [0.1, 0.15) is 11.9 Å². The van der Waals surface area contributed by atoms with Gasteiger partial charge in [-0.05, 0) is 47.9 Å². The average Bonchev–Trinajstić information content (AvgIpc) is 2.84. The van der Waals surface area contributed by atoms with E-state index in [-0.39, 0.29) is 17.4 Å². The maximum atomic E-state index is 10.7. The number of nitrogens with zero attached hydrogens (tertiary/aromatic N) is 1. The second kappa shape index (κ2) is 5.90. The molecule has 3 rings (SSSR count). The van der Waals surface area contributed by atoms with Gasteiger partial charge in [0.05, 0.1) is 21.6 Å². The molecule has 2 fully saturated rings. The van der Waals surface area contributed by atoms with Crippen molar-refractivity contribution in [2.24, 2.45) is 0 Å². The van der Waals surface area contributed by atoms with Crippen LogP contribution in [-0.4, -0.2) is 36.3 Å². The summed E-state index contributed by atoms with van der Waals surface area (Å²) < 4.78 is 12.5. The fourth-order valence-corrected chi connectivity index (χ4v) is 3.45. The minimum absolute atomic E-state index is 0.000793. The first-order valence-electron chi connectivity index (χ1n) is 7.03. The largest absolute Gasteiger partial charge is 0.487 e. The Morgan fingerprint density at radius 2 is 2.19 bits per heavy atom. The zero-order valence-corrected chi connectivity index (χ0v) is 13.1. The van der Waals surface area contributed by atoms with Crippen LogP contribution in [0.25, 0.3) is 0 Å². The van der Waals surface area contributed by atoms with Crippen molar-refractivity contribution in [1.29, 1.82) is 0 Å². The molecular weight excluding hydrogens is 340 g/mol. The van der Waals surface area contributed by atoms with Crippen LogP contribution in [0.2, 0.25) is 0 Å². The lowest BCUT2D eigenvalue weighted by molar-refractivity contribution is -0.385. The summed E-state index contributed by atoms with van der Waals surface area (Å²) in [5.74, 6) is 0.625. The van der Waals surface area contributed by atoms with E-state index < -0.39 is 4.92 Å². The Bertz CT molecular complexity index is 546. The van der Waals surface area contributed by atoms with Crippen molar-refractivity contribution in [2.45, 2.75) is 31.0 Å². The first-order valence-corrected chi connectivity index (χ1v) is 7.83. The summed E-state index contributed by atoms with van der Waals surface area (Å²) in [5.41, 5.74) is -0.00452. The number of non-ortho nitro benzene ring substituents is 1. The van der Waals surface area contributed by atoms with Gasteiger partial charge in [0.25, 0.3) is 5.69 Å². The van der Waals surface area contributed by atoms with Crippen LogP contribution in [0.5, 0.6) is 5.75 Å². The van der Waals surface area contributed by atoms with Gasteiger partial charge >= 0.3 is 0 Å². The standard InChI is InChI=1S/C14H17BrN2O4/c15-12-7-10(17(18)19)1-2-13(12)21-11-8-14(20-9-11)3-5-16-6-4-14/h1-2,7,11,16H,3-6,8-9H2. The molecule has 1 N–H and O–H groups in total. The lowest BCUT2D eigenvalue weighted by Gasteiger charge is -2.32. The van der Waals surface area contributed by atoms with Crippen molar-refractivity contribution >= 4 is 21.6 Å². The van der Waals surface area contributed by atoms with Crippen LogP contribution in [-0.2, 0) is 4.74 Å². The van der Waals surface area contributed by atoms with Gasteiger partial charge in [0, 0.05) is 18.6 Å². The first kappa shape index (κ1) is 14.7. The number of rotatable bonds is 3. The fourth-order valence-electron chi connectivity index (χ4n) is 2.99. The van der Waals surface area contributed by atoms with E-state index in [1.165, 1.54) is 12.1 Å². The molecule has 21 heavy (non-hydrogen) atoms. The van der Waals surface area contributed by atoms with Gasteiger partial charge in [-0.1, -0.05) is 0 Å². The molecule has 2 heterocycles. The maximum absolute atomic E-state index is 10.7. The fraction of sp³-hybridized carbons (Fsp3) is 0.571. The van der Waals surface area contributed by atoms with Crippen molar-refractivity contribution in [3.05, 3.63) is 32.8 Å². The zero-order chi connectivity index (χ0) is 14.9. The highest BCUT2D eigenvalue weighted by Crippen LogP contribution is 2.37. The Morgan fingerprint density at radius 3 is 2.86 bits per heavy atom. The molecule has 0 saturated carbocycles. The number of halogens is 1.